The Morgan fingerprint density at radius 3 is 3.12 bits per heavy atom. The number of anilines is 1. The standard InChI is InChI=1S/C9H9N5OS/c1-6-4-7(5-16-6)2-3-8(15)10-9-11-13-14-12-9/h2-5H,1H3,(H2,10,11,12,13,14,15). The van der Waals surface area contributed by atoms with Crippen molar-refractivity contribution in [2.45, 2.75) is 6.92 Å². The smallest absolute Gasteiger partial charge is 0.270 e. The largest absolute Gasteiger partial charge is 0.288 e. The number of carbonyl (C=O) groups excluding carboxylic acids is 1. The molecule has 16 heavy (non-hydrogen) atoms. The van der Waals surface area contributed by atoms with Crippen LogP contribution in [0.15, 0.2) is 17.5 Å². The van der Waals surface area contributed by atoms with E-state index < -0.39 is 0 Å². The summed E-state index contributed by atoms with van der Waals surface area (Å²) in [5.41, 5.74) is 1.01. The number of aromatic nitrogens is 4. The first-order valence-electron chi connectivity index (χ1n) is 4.52. The Hall–Kier alpha value is -2.02. The number of nitrogens with one attached hydrogen (secondary N) is 2. The summed E-state index contributed by atoms with van der Waals surface area (Å²) < 4.78 is 0. The van der Waals surface area contributed by atoms with Crippen LogP contribution in [0.2, 0.25) is 0 Å². The van der Waals surface area contributed by atoms with E-state index in [-0.39, 0.29) is 11.9 Å². The Morgan fingerprint density at radius 2 is 2.50 bits per heavy atom. The molecular weight excluding hydrogens is 226 g/mol. The van der Waals surface area contributed by atoms with Crippen molar-refractivity contribution in [2.24, 2.45) is 0 Å². The second-order valence-electron chi connectivity index (χ2n) is 3.05. The minimum absolute atomic E-state index is 0.163. The number of aryl methyl sites for hydroxylation is 1. The lowest BCUT2D eigenvalue weighted by Crippen LogP contribution is -2.08. The van der Waals surface area contributed by atoms with Gasteiger partial charge in [-0.05, 0) is 35.2 Å². The Kier molecular flexibility index (Phi) is 3.06. The summed E-state index contributed by atoms with van der Waals surface area (Å²) in [6, 6.07) is 2.00. The van der Waals surface area contributed by atoms with Gasteiger partial charge in [0.2, 0.25) is 0 Å². The van der Waals surface area contributed by atoms with Crippen LogP contribution in [0.4, 0.5) is 5.95 Å². The zero-order chi connectivity index (χ0) is 11.4. The molecule has 2 heterocycles. The monoisotopic (exact) mass is 235 g/mol. The zero-order valence-electron chi connectivity index (χ0n) is 8.47. The van der Waals surface area contributed by atoms with E-state index in [1.165, 1.54) is 11.0 Å². The molecule has 0 saturated carbocycles. The molecule has 7 heteroatoms. The van der Waals surface area contributed by atoms with Crippen molar-refractivity contribution in [3.8, 4) is 0 Å². The fourth-order valence-electron chi connectivity index (χ4n) is 1.09. The molecule has 0 atom stereocenters. The molecule has 2 rings (SSSR count). The molecule has 0 aliphatic heterocycles. The van der Waals surface area contributed by atoms with Crippen molar-refractivity contribution in [2.75, 3.05) is 5.32 Å². The maximum atomic E-state index is 11.4. The van der Waals surface area contributed by atoms with Crippen molar-refractivity contribution in [3.63, 3.8) is 0 Å². The third-order valence-corrected chi connectivity index (χ3v) is 2.64. The highest BCUT2D eigenvalue weighted by Gasteiger charge is 2.01. The molecule has 0 bridgehead atoms. The van der Waals surface area contributed by atoms with Crippen molar-refractivity contribution in [1.29, 1.82) is 0 Å². The maximum absolute atomic E-state index is 11.4. The van der Waals surface area contributed by atoms with Crippen LogP contribution in [0.25, 0.3) is 6.08 Å². The number of aromatic amines is 1. The summed E-state index contributed by atoms with van der Waals surface area (Å²) in [6.45, 7) is 2.02. The van der Waals surface area contributed by atoms with Gasteiger partial charge in [0.15, 0.2) is 0 Å². The SMILES string of the molecule is Cc1cc(C=CC(=O)Nc2nn[nH]n2)cs1. The highest BCUT2D eigenvalue weighted by molar-refractivity contribution is 7.10. The Bertz CT molecular complexity index is 502. The van der Waals surface area contributed by atoms with Gasteiger partial charge >= 0.3 is 0 Å². The summed E-state index contributed by atoms with van der Waals surface area (Å²) in [5.74, 6) is -0.124. The number of nitrogens with zero attached hydrogens (tertiary/aromatic N) is 3. The van der Waals surface area contributed by atoms with E-state index in [1.807, 2.05) is 18.4 Å². The van der Waals surface area contributed by atoms with Crippen LogP contribution in [0.1, 0.15) is 10.4 Å². The van der Waals surface area contributed by atoms with Crippen LogP contribution in [-0.2, 0) is 4.79 Å². The Balaban J connectivity index is 1.94. The predicted octanol–water partition coefficient (Wildman–Crippen LogP) is 1.22. The van der Waals surface area contributed by atoms with Crippen LogP contribution in [0, 0.1) is 6.92 Å². The molecule has 0 aliphatic carbocycles. The second kappa shape index (κ2) is 4.67. The van der Waals surface area contributed by atoms with E-state index in [1.54, 1.807) is 17.4 Å². The van der Waals surface area contributed by atoms with Crippen molar-refractivity contribution in [3.05, 3.63) is 28.0 Å². The highest BCUT2D eigenvalue weighted by Crippen LogP contribution is 2.14. The number of rotatable bonds is 3. The first kappa shape index (κ1) is 10.5. The van der Waals surface area contributed by atoms with Gasteiger partial charge in [-0.15, -0.1) is 16.4 Å². The molecular formula is C9H9N5OS. The van der Waals surface area contributed by atoms with Gasteiger partial charge in [-0.2, -0.15) is 5.21 Å². The molecule has 0 saturated heterocycles. The van der Waals surface area contributed by atoms with Crippen molar-refractivity contribution < 1.29 is 4.79 Å². The lowest BCUT2D eigenvalue weighted by atomic mass is 10.3. The molecule has 82 valence electrons. The third-order valence-electron chi connectivity index (χ3n) is 1.76. The number of carbonyl (C=O) groups is 1. The number of tetrazole rings is 1. The normalized spacial score (nSPS) is 10.8. The average Bonchev–Trinajstić information content (AvgIpc) is 2.87. The van der Waals surface area contributed by atoms with Gasteiger partial charge in [-0.3, -0.25) is 10.1 Å². The zero-order valence-corrected chi connectivity index (χ0v) is 9.28. The second-order valence-corrected chi connectivity index (χ2v) is 4.16. The van der Waals surface area contributed by atoms with E-state index in [4.69, 9.17) is 0 Å². The molecule has 0 spiro atoms. The van der Waals surface area contributed by atoms with Crippen LogP contribution in [0.3, 0.4) is 0 Å². The number of thiophene rings is 1. The summed E-state index contributed by atoms with van der Waals surface area (Å²) in [6.07, 6.45) is 3.16. The van der Waals surface area contributed by atoms with Crippen LogP contribution in [-0.4, -0.2) is 26.5 Å². The number of H-pyrrole nitrogens is 1. The predicted molar refractivity (Wildman–Crippen MR) is 60.9 cm³/mol. The molecule has 0 fully saturated rings. The number of hydrogen-bond donors (Lipinski definition) is 2. The first-order valence-corrected chi connectivity index (χ1v) is 5.39. The van der Waals surface area contributed by atoms with Gasteiger partial charge in [-0.1, -0.05) is 5.10 Å². The Labute approximate surface area is 95.4 Å². The fourth-order valence-corrected chi connectivity index (χ4v) is 1.76. The average molecular weight is 235 g/mol. The lowest BCUT2D eigenvalue weighted by molar-refractivity contribution is -0.111. The van der Waals surface area contributed by atoms with Crippen LogP contribution in [0.5, 0.6) is 0 Å². The molecule has 0 radical (unpaired) electrons. The van der Waals surface area contributed by atoms with E-state index in [0.717, 1.165) is 5.56 Å². The molecule has 2 N–H and O–H groups in total. The molecule has 0 aliphatic rings. The lowest BCUT2D eigenvalue weighted by Gasteiger charge is -1.92. The molecule has 0 unspecified atom stereocenters. The highest BCUT2D eigenvalue weighted by atomic mass is 32.1. The van der Waals surface area contributed by atoms with Gasteiger partial charge in [0, 0.05) is 11.0 Å². The summed E-state index contributed by atoms with van der Waals surface area (Å²) in [5, 5.41) is 17.2. The van der Waals surface area contributed by atoms with Crippen LogP contribution >= 0.6 is 11.3 Å². The van der Waals surface area contributed by atoms with E-state index in [9.17, 15) is 4.79 Å². The third kappa shape index (κ3) is 2.74. The Morgan fingerprint density at radius 1 is 1.62 bits per heavy atom. The minimum Gasteiger partial charge on any atom is -0.288 e. The van der Waals surface area contributed by atoms with Crippen LogP contribution < -0.4 is 5.32 Å². The molecule has 0 aromatic carbocycles. The summed E-state index contributed by atoms with van der Waals surface area (Å²) >= 11 is 1.64. The van der Waals surface area contributed by atoms with Gasteiger partial charge in [0.1, 0.15) is 0 Å². The molecule has 1 amide bonds. The number of hydrogen-bond acceptors (Lipinski definition) is 5. The topological polar surface area (TPSA) is 83.6 Å². The molecule has 2 aromatic heterocycles. The van der Waals surface area contributed by atoms with E-state index in [0.29, 0.717) is 0 Å². The van der Waals surface area contributed by atoms with Gasteiger partial charge in [0.25, 0.3) is 11.9 Å². The van der Waals surface area contributed by atoms with Gasteiger partial charge in [-0.25, -0.2) is 0 Å². The van der Waals surface area contributed by atoms with Gasteiger partial charge in [0.05, 0.1) is 0 Å². The fraction of sp³-hybridized carbons (Fsp3) is 0.111. The number of amides is 1. The minimum atomic E-state index is -0.287. The van der Waals surface area contributed by atoms with Crippen molar-refractivity contribution in [1.82, 2.24) is 20.6 Å². The van der Waals surface area contributed by atoms with E-state index >= 15 is 0 Å². The molecule has 2 aromatic rings. The van der Waals surface area contributed by atoms with Gasteiger partial charge < -0.3 is 0 Å². The first-order chi connectivity index (χ1) is 7.74. The van der Waals surface area contributed by atoms with Crippen molar-refractivity contribution >= 4 is 29.3 Å². The quantitative estimate of drug-likeness (QED) is 0.783. The van der Waals surface area contributed by atoms with E-state index in [2.05, 4.69) is 25.9 Å². The summed E-state index contributed by atoms with van der Waals surface area (Å²) in [7, 11) is 0. The molecule has 6 nitrogen and oxygen atoms in total. The maximum Gasteiger partial charge on any atom is 0.270 e. The summed E-state index contributed by atoms with van der Waals surface area (Å²) in [4.78, 5) is 12.6.